The zero-order valence-electron chi connectivity index (χ0n) is 22.0. The van der Waals surface area contributed by atoms with Crippen LogP contribution in [0.3, 0.4) is 0 Å². The Labute approximate surface area is 217 Å². The van der Waals surface area contributed by atoms with Gasteiger partial charge in [0.05, 0.1) is 30.5 Å². The smallest absolute Gasteiger partial charge is 0.409 e. The molecule has 0 bridgehead atoms. The maximum Gasteiger partial charge on any atom is 0.409 e. The number of hydrogen-bond donors (Lipinski definition) is 0. The maximum atomic E-state index is 12.5. The number of aryl methyl sites for hydroxylation is 1. The maximum absolute atomic E-state index is 12.5. The molecule has 3 aliphatic carbocycles. The average Bonchev–Trinajstić information content (AvgIpc) is 3.84. The SMILES string of the molecule is COC(=O)[C@H]1CCC[C@H](Oc2ccc(-c3nnn(C)c3COC(=O)N(C)CCC3CC3)nc2C2CC2)C1. The summed E-state index contributed by atoms with van der Waals surface area (Å²) in [5.41, 5.74) is 2.91. The number of carbonyl (C=O) groups excluding carboxylic acids is 2. The number of pyridine rings is 1. The molecule has 0 radical (unpaired) electrons. The predicted octanol–water partition coefficient (Wildman–Crippen LogP) is 4.23. The summed E-state index contributed by atoms with van der Waals surface area (Å²) in [6.07, 6.45) is 8.66. The Bertz CT molecular complexity index is 1130. The van der Waals surface area contributed by atoms with Crippen LogP contribution in [0.25, 0.3) is 11.4 Å². The first-order valence-electron chi connectivity index (χ1n) is 13.4. The molecule has 0 spiro atoms. The monoisotopic (exact) mass is 511 g/mol. The largest absolute Gasteiger partial charge is 0.488 e. The molecule has 3 aliphatic rings. The third-order valence-corrected chi connectivity index (χ3v) is 7.70. The summed E-state index contributed by atoms with van der Waals surface area (Å²) in [4.78, 5) is 31.1. The van der Waals surface area contributed by atoms with Gasteiger partial charge in [0.25, 0.3) is 0 Å². The fraction of sp³-hybridized carbons (Fsp3) is 0.667. The second-order valence-corrected chi connectivity index (χ2v) is 10.7. The van der Waals surface area contributed by atoms with E-state index in [1.54, 1.807) is 23.7 Å². The molecule has 0 aromatic carbocycles. The third kappa shape index (κ3) is 6.22. The lowest BCUT2D eigenvalue weighted by molar-refractivity contribution is -0.147. The van der Waals surface area contributed by atoms with Gasteiger partial charge in [-0.3, -0.25) is 4.79 Å². The molecule has 1 amide bonds. The van der Waals surface area contributed by atoms with Gasteiger partial charge in [-0.05, 0) is 63.0 Å². The van der Waals surface area contributed by atoms with Crippen LogP contribution in [0.5, 0.6) is 5.75 Å². The van der Waals surface area contributed by atoms with Gasteiger partial charge in [0.2, 0.25) is 0 Å². The highest BCUT2D eigenvalue weighted by Crippen LogP contribution is 2.45. The molecule has 10 heteroatoms. The second-order valence-electron chi connectivity index (χ2n) is 10.7. The van der Waals surface area contributed by atoms with Crippen LogP contribution in [0, 0.1) is 11.8 Å². The van der Waals surface area contributed by atoms with Gasteiger partial charge in [-0.2, -0.15) is 0 Å². The van der Waals surface area contributed by atoms with E-state index in [1.165, 1.54) is 20.0 Å². The summed E-state index contributed by atoms with van der Waals surface area (Å²) >= 11 is 0. The van der Waals surface area contributed by atoms with Crippen molar-refractivity contribution in [3.63, 3.8) is 0 Å². The molecule has 0 saturated heterocycles. The standard InChI is InChI=1S/C27H37N5O5/c1-31(14-13-17-7-8-17)27(34)36-16-22-25(29-30-32(22)2)21-11-12-23(24(28-21)18-9-10-18)37-20-6-4-5-19(15-20)26(33)35-3/h11-12,17-20H,4-10,13-16H2,1-3H3/t19-,20-/m0/s1. The Morgan fingerprint density at radius 2 is 1.95 bits per heavy atom. The highest BCUT2D eigenvalue weighted by Gasteiger charge is 2.33. The Morgan fingerprint density at radius 1 is 1.14 bits per heavy atom. The van der Waals surface area contributed by atoms with Crippen molar-refractivity contribution in [1.82, 2.24) is 24.9 Å². The topological polar surface area (TPSA) is 109 Å². The summed E-state index contributed by atoms with van der Waals surface area (Å²) in [7, 11) is 5.00. The Balaban J connectivity index is 1.28. The van der Waals surface area contributed by atoms with E-state index in [0.29, 0.717) is 36.0 Å². The van der Waals surface area contributed by atoms with Gasteiger partial charge in [-0.25, -0.2) is 14.5 Å². The summed E-state index contributed by atoms with van der Waals surface area (Å²) < 4.78 is 18.6. The van der Waals surface area contributed by atoms with Crippen LogP contribution in [0.2, 0.25) is 0 Å². The van der Waals surface area contributed by atoms with Crippen molar-refractivity contribution in [2.24, 2.45) is 18.9 Å². The molecule has 5 rings (SSSR count). The molecule has 2 aromatic heterocycles. The molecule has 10 nitrogen and oxygen atoms in total. The first-order valence-corrected chi connectivity index (χ1v) is 13.4. The fourth-order valence-corrected chi connectivity index (χ4v) is 5.01. The summed E-state index contributed by atoms with van der Waals surface area (Å²) in [5.74, 6) is 1.62. The highest BCUT2D eigenvalue weighted by molar-refractivity contribution is 5.72. The van der Waals surface area contributed by atoms with Crippen molar-refractivity contribution in [3.05, 3.63) is 23.5 Å². The molecule has 200 valence electrons. The molecule has 0 unspecified atom stereocenters. The van der Waals surface area contributed by atoms with E-state index in [-0.39, 0.29) is 30.7 Å². The van der Waals surface area contributed by atoms with Gasteiger partial charge < -0.3 is 19.1 Å². The van der Waals surface area contributed by atoms with Crippen LogP contribution < -0.4 is 4.74 Å². The third-order valence-electron chi connectivity index (χ3n) is 7.70. The van der Waals surface area contributed by atoms with Crippen LogP contribution in [0.1, 0.15) is 75.1 Å². The lowest BCUT2D eigenvalue weighted by Gasteiger charge is -2.28. The molecule has 3 fully saturated rings. The molecule has 0 N–H and O–H groups in total. The van der Waals surface area contributed by atoms with Crippen molar-refractivity contribution in [2.75, 3.05) is 20.7 Å². The van der Waals surface area contributed by atoms with Crippen LogP contribution in [0.4, 0.5) is 4.79 Å². The van der Waals surface area contributed by atoms with Crippen LogP contribution >= 0.6 is 0 Å². The average molecular weight is 512 g/mol. The summed E-state index contributed by atoms with van der Waals surface area (Å²) in [6, 6.07) is 3.84. The number of aromatic nitrogens is 4. The Hall–Kier alpha value is -3.17. The molecular formula is C27H37N5O5. The Morgan fingerprint density at radius 3 is 2.68 bits per heavy atom. The number of rotatable bonds is 10. The number of carbonyl (C=O) groups is 2. The van der Waals surface area contributed by atoms with Crippen molar-refractivity contribution in [2.45, 2.75) is 76.4 Å². The van der Waals surface area contributed by atoms with Crippen LogP contribution in [0.15, 0.2) is 12.1 Å². The number of methoxy groups -OCH3 is 1. The van der Waals surface area contributed by atoms with E-state index >= 15 is 0 Å². The van der Waals surface area contributed by atoms with E-state index < -0.39 is 0 Å². The van der Waals surface area contributed by atoms with Gasteiger partial charge in [-0.1, -0.05) is 18.1 Å². The van der Waals surface area contributed by atoms with Gasteiger partial charge in [0.15, 0.2) is 0 Å². The van der Waals surface area contributed by atoms with Crippen molar-refractivity contribution < 1.29 is 23.8 Å². The Kier molecular flexibility index (Phi) is 7.62. The lowest BCUT2D eigenvalue weighted by Crippen LogP contribution is -2.30. The molecular weight excluding hydrogens is 474 g/mol. The quantitative estimate of drug-likeness (QED) is 0.436. The van der Waals surface area contributed by atoms with Gasteiger partial charge >= 0.3 is 12.1 Å². The highest BCUT2D eigenvalue weighted by atomic mass is 16.6. The minimum Gasteiger partial charge on any atom is -0.488 e. The molecule has 2 heterocycles. The van der Waals surface area contributed by atoms with E-state index in [0.717, 1.165) is 55.9 Å². The normalized spacial score (nSPS) is 21.4. The lowest BCUT2D eigenvalue weighted by atomic mass is 9.87. The zero-order valence-corrected chi connectivity index (χ0v) is 22.0. The number of ether oxygens (including phenoxy) is 3. The molecule has 2 atom stereocenters. The first-order chi connectivity index (χ1) is 17.9. The van der Waals surface area contributed by atoms with E-state index in [2.05, 4.69) is 10.3 Å². The minimum absolute atomic E-state index is 0.0357. The molecule has 0 aliphatic heterocycles. The van der Waals surface area contributed by atoms with E-state index in [9.17, 15) is 9.59 Å². The molecule has 37 heavy (non-hydrogen) atoms. The number of esters is 1. The van der Waals surface area contributed by atoms with E-state index in [1.807, 2.05) is 12.1 Å². The summed E-state index contributed by atoms with van der Waals surface area (Å²) in [6.45, 7) is 0.774. The molecule has 2 aromatic rings. The zero-order chi connectivity index (χ0) is 25.9. The first kappa shape index (κ1) is 25.5. The van der Waals surface area contributed by atoms with Crippen LogP contribution in [-0.2, 0) is 27.9 Å². The van der Waals surface area contributed by atoms with Crippen LogP contribution in [-0.4, -0.2) is 63.7 Å². The number of hydrogen-bond acceptors (Lipinski definition) is 8. The van der Waals surface area contributed by atoms with Gasteiger partial charge in [0.1, 0.15) is 23.7 Å². The number of amides is 1. The minimum atomic E-state index is -0.346. The fourth-order valence-electron chi connectivity index (χ4n) is 5.01. The second kappa shape index (κ2) is 11.1. The van der Waals surface area contributed by atoms with E-state index in [4.69, 9.17) is 19.2 Å². The van der Waals surface area contributed by atoms with Crippen molar-refractivity contribution >= 4 is 12.1 Å². The predicted molar refractivity (Wildman–Crippen MR) is 135 cm³/mol. The van der Waals surface area contributed by atoms with Gasteiger partial charge in [0, 0.05) is 26.6 Å². The molecule has 3 saturated carbocycles. The summed E-state index contributed by atoms with van der Waals surface area (Å²) in [5, 5.41) is 8.50. The number of nitrogens with zero attached hydrogens (tertiary/aromatic N) is 5. The van der Waals surface area contributed by atoms with Crippen molar-refractivity contribution in [1.29, 1.82) is 0 Å². The van der Waals surface area contributed by atoms with Crippen molar-refractivity contribution in [3.8, 4) is 17.1 Å². The van der Waals surface area contributed by atoms with Gasteiger partial charge in [-0.15, -0.1) is 5.10 Å².